The molecule has 0 aliphatic heterocycles. The summed E-state index contributed by atoms with van der Waals surface area (Å²) in [6.45, 7) is 9.38. The van der Waals surface area contributed by atoms with E-state index < -0.39 is 0 Å². The molecule has 0 bridgehead atoms. The Balaban J connectivity index is 2.04. The van der Waals surface area contributed by atoms with E-state index in [1.807, 2.05) is 0 Å². The Morgan fingerprint density at radius 1 is 0.459 bits per heavy atom. The summed E-state index contributed by atoms with van der Waals surface area (Å²) in [5.41, 5.74) is 0. The molecule has 218 valence electrons. The lowest BCUT2D eigenvalue weighted by molar-refractivity contribution is -0.704. The summed E-state index contributed by atoms with van der Waals surface area (Å²) < 4.78 is 5.14. The number of aromatic nitrogens is 2. The highest BCUT2D eigenvalue weighted by Gasteiger charge is 2.15. The van der Waals surface area contributed by atoms with Gasteiger partial charge in [0.25, 0.3) is 5.82 Å². The van der Waals surface area contributed by atoms with Gasteiger partial charge in [0.2, 0.25) is 0 Å². The second-order valence-electron chi connectivity index (χ2n) is 12.0. The molecule has 37 heavy (non-hydrogen) atoms. The van der Waals surface area contributed by atoms with Gasteiger partial charge in [0.15, 0.2) is 0 Å². The third kappa shape index (κ3) is 19.9. The van der Waals surface area contributed by atoms with E-state index in [1.165, 1.54) is 186 Å². The van der Waals surface area contributed by atoms with Crippen LogP contribution in [0, 0.1) is 0 Å². The Morgan fingerprint density at radius 2 is 0.838 bits per heavy atom. The van der Waals surface area contributed by atoms with E-state index in [9.17, 15) is 0 Å². The lowest BCUT2D eigenvalue weighted by Gasteiger charge is -2.06. The van der Waals surface area contributed by atoms with Crippen molar-refractivity contribution >= 4 is 0 Å². The molecule has 0 saturated carbocycles. The molecule has 0 aliphatic carbocycles. The smallest absolute Gasteiger partial charge is 0.234 e. The normalized spacial score (nSPS) is 11.5. The molecule has 0 radical (unpaired) electrons. The molecule has 0 saturated heterocycles. The van der Waals surface area contributed by atoms with Gasteiger partial charge in [0.1, 0.15) is 12.4 Å². The second-order valence-corrected chi connectivity index (χ2v) is 12.0. The molecule has 2 nitrogen and oxygen atoms in total. The van der Waals surface area contributed by atoms with Crippen LogP contribution >= 0.6 is 0 Å². The van der Waals surface area contributed by atoms with Crippen molar-refractivity contribution in [2.45, 2.75) is 207 Å². The zero-order valence-electron chi connectivity index (χ0n) is 26.1. The minimum absolute atomic E-state index is 1.22. The van der Waals surface area contributed by atoms with Crippen LogP contribution in [0.25, 0.3) is 0 Å². The van der Waals surface area contributed by atoms with E-state index in [0.29, 0.717) is 0 Å². The van der Waals surface area contributed by atoms with Gasteiger partial charge in [-0.25, -0.2) is 9.13 Å². The van der Waals surface area contributed by atoms with Crippen molar-refractivity contribution in [3.63, 3.8) is 0 Å². The molecule has 0 fully saturated rings. The fraction of sp³-hybridized carbons (Fsp3) is 0.914. The quantitative estimate of drug-likeness (QED) is 0.0737. The molecular weight excluding hydrogens is 448 g/mol. The van der Waals surface area contributed by atoms with Crippen LogP contribution in [0.15, 0.2) is 12.4 Å². The van der Waals surface area contributed by atoms with Crippen LogP contribution in [0.3, 0.4) is 0 Å². The van der Waals surface area contributed by atoms with Gasteiger partial charge in [-0.15, -0.1) is 0 Å². The van der Waals surface area contributed by atoms with E-state index >= 15 is 0 Å². The Hall–Kier alpha value is -0.790. The topological polar surface area (TPSA) is 8.81 Å². The van der Waals surface area contributed by atoms with Crippen molar-refractivity contribution < 1.29 is 4.57 Å². The SMILES string of the molecule is CCCCCCCCCCCCCCCCn1cc[n+](CCCCCCCCCCCCC)c1CCC. The molecule has 0 amide bonds. The van der Waals surface area contributed by atoms with Crippen LogP contribution < -0.4 is 4.57 Å². The summed E-state index contributed by atoms with van der Waals surface area (Å²) in [6, 6.07) is 0. The molecular formula is C35H69N2+. The van der Waals surface area contributed by atoms with Crippen molar-refractivity contribution in [1.82, 2.24) is 4.57 Å². The third-order valence-electron chi connectivity index (χ3n) is 8.32. The summed E-state index contributed by atoms with van der Waals surface area (Å²) in [6.07, 6.45) is 43.1. The summed E-state index contributed by atoms with van der Waals surface area (Å²) >= 11 is 0. The first-order valence-corrected chi connectivity index (χ1v) is 17.4. The molecule has 1 heterocycles. The van der Waals surface area contributed by atoms with Gasteiger partial charge in [0.05, 0.1) is 13.1 Å². The first-order chi connectivity index (χ1) is 18.3. The maximum atomic E-state index is 2.57. The minimum atomic E-state index is 1.22. The monoisotopic (exact) mass is 518 g/mol. The highest BCUT2D eigenvalue weighted by Crippen LogP contribution is 2.14. The Morgan fingerprint density at radius 3 is 1.24 bits per heavy atom. The van der Waals surface area contributed by atoms with Crippen molar-refractivity contribution in [1.29, 1.82) is 0 Å². The van der Waals surface area contributed by atoms with Crippen molar-refractivity contribution in [2.24, 2.45) is 0 Å². The molecule has 0 spiro atoms. The predicted molar refractivity (Wildman–Crippen MR) is 165 cm³/mol. The Bertz CT molecular complexity index is 576. The summed E-state index contributed by atoms with van der Waals surface area (Å²) in [5, 5.41) is 0. The summed E-state index contributed by atoms with van der Waals surface area (Å²) in [7, 11) is 0. The molecule has 1 rings (SSSR count). The summed E-state index contributed by atoms with van der Waals surface area (Å²) in [5.74, 6) is 1.57. The van der Waals surface area contributed by atoms with E-state index in [4.69, 9.17) is 0 Å². The zero-order chi connectivity index (χ0) is 26.7. The number of hydrogen-bond acceptors (Lipinski definition) is 0. The lowest BCUT2D eigenvalue weighted by atomic mass is 10.0. The fourth-order valence-electron chi connectivity index (χ4n) is 5.84. The van der Waals surface area contributed by atoms with Gasteiger partial charge in [-0.05, 0) is 32.1 Å². The van der Waals surface area contributed by atoms with E-state index in [2.05, 4.69) is 42.3 Å². The number of aryl methyl sites for hydroxylation is 2. The van der Waals surface area contributed by atoms with E-state index in [-0.39, 0.29) is 0 Å². The van der Waals surface area contributed by atoms with Gasteiger partial charge in [0, 0.05) is 6.42 Å². The van der Waals surface area contributed by atoms with Gasteiger partial charge in [-0.1, -0.05) is 156 Å². The van der Waals surface area contributed by atoms with E-state index in [1.54, 1.807) is 5.82 Å². The highest BCUT2D eigenvalue weighted by atomic mass is 15.1. The average molecular weight is 518 g/mol. The molecule has 0 aliphatic rings. The highest BCUT2D eigenvalue weighted by molar-refractivity contribution is 4.84. The van der Waals surface area contributed by atoms with Crippen LogP contribution in [0.1, 0.15) is 194 Å². The average Bonchev–Trinajstić information content (AvgIpc) is 3.28. The fourth-order valence-corrected chi connectivity index (χ4v) is 5.84. The largest absolute Gasteiger partial charge is 0.256 e. The van der Waals surface area contributed by atoms with Crippen LogP contribution in [0.2, 0.25) is 0 Å². The van der Waals surface area contributed by atoms with Gasteiger partial charge in [-0.2, -0.15) is 0 Å². The minimum Gasteiger partial charge on any atom is -0.234 e. The van der Waals surface area contributed by atoms with Gasteiger partial charge < -0.3 is 0 Å². The molecule has 2 heteroatoms. The number of imidazole rings is 1. The van der Waals surface area contributed by atoms with Gasteiger partial charge in [-0.3, -0.25) is 0 Å². The Labute approximate surface area is 234 Å². The molecule has 1 aromatic rings. The molecule has 1 aromatic heterocycles. The molecule has 0 N–H and O–H groups in total. The molecule has 0 atom stereocenters. The second kappa shape index (κ2) is 26.8. The number of unbranched alkanes of at least 4 members (excludes halogenated alkanes) is 23. The van der Waals surface area contributed by atoms with Crippen molar-refractivity contribution in [3.05, 3.63) is 18.2 Å². The number of hydrogen-bond donors (Lipinski definition) is 0. The maximum Gasteiger partial charge on any atom is 0.256 e. The molecule has 0 unspecified atom stereocenters. The first kappa shape index (κ1) is 34.2. The van der Waals surface area contributed by atoms with Crippen LogP contribution in [0.4, 0.5) is 0 Å². The van der Waals surface area contributed by atoms with Crippen molar-refractivity contribution in [2.75, 3.05) is 0 Å². The van der Waals surface area contributed by atoms with Crippen LogP contribution in [0.5, 0.6) is 0 Å². The maximum absolute atomic E-state index is 2.57. The predicted octanol–water partition coefficient (Wildman–Crippen LogP) is 11.5. The standard InChI is InChI=1S/C35H69N2/c1-4-7-9-11-13-15-17-18-19-21-23-25-27-29-32-37-34-33-36(35(37)30-6-3)31-28-26-24-22-20-16-14-12-10-8-5-2/h33-34H,4-32H2,1-3H3/q+1. The number of nitrogens with zero attached hydrogens (tertiary/aromatic N) is 2. The van der Waals surface area contributed by atoms with Crippen molar-refractivity contribution in [3.8, 4) is 0 Å². The zero-order valence-corrected chi connectivity index (χ0v) is 26.1. The first-order valence-electron chi connectivity index (χ1n) is 17.4. The van der Waals surface area contributed by atoms with Crippen LogP contribution in [-0.2, 0) is 19.5 Å². The van der Waals surface area contributed by atoms with E-state index in [0.717, 1.165) is 0 Å². The van der Waals surface area contributed by atoms with Gasteiger partial charge >= 0.3 is 0 Å². The molecule has 0 aromatic carbocycles. The Kier molecular flexibility index (Phi) is 24.8. The van der Waals surface area contributed by atoms with Crippen LogP contribution in [-0.4, -0.2) is 4.57 Å². The lowest BCUT2D eigenvalue weighted by Crippen LogP contribution is -2.37. The number of rotatable bonds is 29. The summed E-state index contributed by atoms with van der Waals surface area (Å²) in [4.78, 5) is 0. The third-order valence-corrected chi connectivity index (χ3v) is 8.32.